The van der Waals surface area contributed by atoms with Gasteiger partial charge in [0.2, 0.25) is 5.91 Å². The van der Waals surface area contributed by atoms with E-state index in [2.05, 4.69) is 10.6 Å². The molecule has 0 atom stereocenters. The van der Waals surface area contributed by atoms with Gasteiger partial charge in [-0.15, -0.1) is 0 Å². The molecule has 0 bridgehead atoms. The fourth-order valence-corrected chi connectivity index (χ4v) is 2.04. The van der Waals surface area contributed by atoms with Gasteiger partial charge in [0.15, 0.2) is 0 Å². The summed E-state index contributed by atoms with van der Waals surface area (Å²) >= 11 is 0. The first-order valence-corrected chi connectivity index (χ1v) is 10.5. The van der Waals surface area contributed by atoms with Gasteiger partial charge < -0.3 is 10.6 Å². The lowest BCUT2D eigenvalue weighted by atomic mass is 10.1. The lowest BCUT2D eigenvalue weighted by Gasteiger charge is -2.07. The van der Waals surface area contributed by atoms with E-state index in [1.165, 1.54) is 6.08 Å². The molecule has 0 aliphatic carbocycles. The van der Waals surface area contributed by atoms with E-state index >= 15 is 0 Å². The van der Waals surface area contributed by atoms with Crippen LogP contribution in [0.15, 0.2) is 60.7 Å². The number of anilines is 2. The molecule has 0 saturated heterocycles. The topological polar surface area (TPSA) is 58.2 Å². The van der Waals surface area contributed by atoms with Crippen LogP contribution in [-0.2, 0) is 4.79 Å². The van der Waals surface area contributed by atoms with Gasteiger partial charge in [-0.25, -0.2) is 0 Å². The highest BCUT2D eigenvalue weighted by Gasteiger charge is 2.06. The summed E-state index contributed by atoms with van der Waals surface area (Å²) in [4.78, 5) is 23.8. The first-order valence-electron chi connectivity index (χ1n) is 10.5. The first-order chi connectivity index (χ1) is 14.1. The summed E-state index contributed by atoms with van der Waals surface area (Å²) in [7, 11) is 0. The number of nitrogens with one attached hydrogen (secondary N) is 2. The molecule has 0 aliphatic heterocycles. The van der Waals surface area contributed by atoms with Crippen LogP contribution in [0.1, 0.15) is 70.8 Å². The summed E-state index contributed by atoms with van der Waals surface area (Å²) < 4.78 is 0. The average Bonchev–Trinajstić information content (AvgIpc) is 2.77. The highest BCUT2D eigenvalue weighted by Crippen LogP contribution is 2.14. The molecule has 2 aromatic rings. The molecule has 0 heterocycles. The fourth-order valence-electron chi connectivity index (χ4n) is 2.04. The van der Waals surface area contributed by atoms with Gasteiger partial charge in [-0.2, -0.15) is 0 Å². The maximum atomic E-state index is 12.2. The molecular weight excluding hydrogens is 360 g/mol. The monoisotopic (exact) mass is 398 g/mol. The standard InChI is InChI=1S/C19H20N2O2.3C2H6/c1-3-4-8-18(22)20-16-11-9-15(10-12-16)19(23)21-17-7-5-6-14(2)13-17;3*1-2/h4-13H,3H2,1-2H3,(H,20,22)(H,21,23);3*1-2H3/b8-4+;;;. The molecule has 0 aromatic heterocycles. The first kappa shape index (κ1) is 28.3. The summed E-state index contributed by atoms with van der Waals surface area (Å²) in [6, 6.07) is 14.4. The second-order valence-electron chi connectivity index (χ2n) is 5.20. The van der Waals surface area contributed by atoms with Crippen LogP contribution in [0.5, 0.6) is 0 Å². The molecule has 2 aromatic carbocycles. The van der Waals surface area contributed by atoms with Crippen molar-refractivity contribution in [3.05, 3.63) is 71.8 Å². The fraction of sp³-hybridized carbons (Fsp3) is 0.360. The van der Waals surface area contributed by atoms with Crippen molar-refractivity contribution in [2.75, 3.05) is 10.6 Å². The third-order valence-electron chi connectivity index (χ3n) is 3.20. The molecule has 0 aliphatic rings. The number of benzene rings is 2. The zero-order valence-electron chi connectivity index (χ0n) is 19.3. The van der Waals surface area contributed by atoms with E-state index in [-0.39, 0.29) is 11.8 Å². The molecule has 160 valence electrons. The second-order valence-corrected chi connectivity index (χ2v) is 5.20. The highest BCUT2D eigenvalue weighted by molar-refractivity contribution is 6.05. The third-order valence-corrected chi connectivity index (χ3v) is 3.20. The Morgan fingerprint density at radius 3 is 1.93 bits per heavy atom. The Bertz CT molecular complexity index is 720. The largest absolute Gasteiger partial charge is 0.323 e. The normalized spacial score (nSPS) is 8.97. The number of hydrogen-bond acceptors (Lipinski definition) is 2. The van der Waals surface area contributed by atoms with Crippen LogP contribution in [-0.4, -0.2) is 11.8 Å². The van der Waals surface area contributed by atoms with Crippen LogP contribution in [0.3, 0.4) is 0 Å². The Kier molecular flexibility index (Phi) is 18.1. The quantitative estimate of drug-likeness (QED) is 0.522. The summed E-state index contributed by atoms with van der Waals surface area (Å²) in [6.45, 7) is 15.9. The van der Waals surface area contributed by atoms with Gasteiger partial charge in [-0.05, 0) is 61.4 Å². The number of allylic oxidation sites excluding steroid dienone is 1. The van der Waals surface area contributed by atoms with Crippen LogP contribution < -0.4 is 10.6 Å². The van der Waals surface area contributed by atoms with Crippen molar-refractivity contribution < 1.29 is 9.59 Å². The van der Waals surface area contributed by atoms with Gasteiger partial charge in [0.25, 0.3) is 5.91 Å². The lowest BCUT2D eigenvalue weighted by Crippen LogP contribution is -2.12. The van der Waals surface area contributed by atoms with Crippen LogP contribution >= 0.6 is 0 Å². The molecule has 4 heteroatoms. The molecule has 0 radical (unpaired) electrons. The van der Waals surface area contributed by atoms with Crippen molar-refractivity contribution >= 4 is 23.2 Å². The van der Waals surface area contributed by atoms with E-state index in [0.29, 0.717) is 11.3 Å². The van der Waals surface area contributed by atoms with Gasteiger partial charge in [-0.1, -0.05) is 66.7 Å². The van der Waals surface area contributed by atoms with E-state index in [9.17, 15) is 9.59 Å². The van der Waals surface area contributed by atoms with E-state index < -0.39 is 0 Å². The Hall–Kier alpha value is -2.88. The zero-order valence-corrected chi connectivity index (χ0v) is 19.3. The van der Waals surface area contributed by atoms with Crippen molar-refractivity contribution in [2.24, 2.45) is 0 Å². The summed E-state index contributed by atoms with van der Waals surface area (Å²) in [5, 5.41) is 5.59. The number of carbonyl (C=O) groups is 2. The van der Waals surface area contributed by atoms with Crippen molar-refractivity contribution in [1.29, 1.82) is 0 Å². The van der Waals surface area contributed by atoms with E-state index in [0.717, 1.165) is 17.7 Å². The predicted molar refractivity (Wildman–Crippen MR) is 128 cm³/mol. The van der Waals surface area contributed by atoms with Crippen molar-refractivity contribution in [3.63, 3.8) is 0 Å². The number of hydrogen-bond donors (Lipinski definition) is 2. The maximum absolute atomic E-state index is 12.2. The van der Waals surface area contributed by atoms with Gasteiger partial charge >= 0.3 is 0 Å². The molecule has 2 amide bonds. The Morgan fingerprint density at radius 2 is 1.41 bits per heavy atom. The third kappa shape index (κ3) is 12.2. The lowest BCUT2D eigenvalue weighted by molar-refractivity contribution is -0.111. The summed E-state index contributed by atoms with van der Waals surface area (Å²) in [6.07, 6.45) is 4.10. The Morgan fingerprint density at radius 1 is 0.828 bits per heavy atom. The molecule has 0 spiro atoms. The predicted octanol–water partition coefficient (Wildman–Crippen LogP) is 7.23. The van der Waals surface area contributed by atoms with Gasteiger partial charge in [0.1, 0.15) is 0 Å². The Labute approximate surface area is 177 Å². The van der Waals surface area contributed by atoms with Crippen molar-refractivity contribution in [2.45, 2.75) is 61.8 Å². The summed E-state index contributed by atoms with van der Waals surface area (Å²) in [5.74, 6) is -0.358. The van der Waals surface area contributed by atoms with Crippen LogP contribution in [0.2, 0.25) is 0 Å². The minimum atomic E-state index is -0.181. The molecule has 0 saturated carbocycles. The second kappa shape index (κ2) is 18.5. The number of aryl methyl sites for hydroxylation is 1. The maximum Gasteiger partial charge on any atom is 0.255 e. The van der Waals surface area contributed by atoms with Crippen LogP contribution in [0, 0.1) is 6.92 Å². The molecule has 0 fully saturated rings. The number of rotatable bonds is 5. The molecular formula is C25H38N2O2. The molecule has 29 heavy (non-hydrogen) atoms. The molecule has 2 N–H and O–H groups in total. The minimum Gasteiger partial charge on any atom is -0.323 e. The van der Waals surface area contributed by atoms with Crippen molar-refractivity contribution in [1.82, 2.24) is 0 Å². The van der Waals surface area contributed by atoms with E-state index in [1.807, 2.05) is 79.7 Å². The average molecular weight is 399 g/mol. The van der Waals surface area contributed by atoms with Gasteiger partial charge in [0, 0.05) is 16.9 Å². The SMILES string of the molecule is CC.CC.CC.CC/C=C/C(=O)Nc1ccc(C(=O)Nc2cccc(C)c2)cc1. The minimum absolute atomic E-state index is 0.177. The van der Waals surface area contributed by atoms with Crippen molar-refractivity contribution in [3.8, 4) is 0 Å². The van der Waals surface area contributed by atoms with Crippen LogP contribution in [0.25, 0.3) is 0 Å². The number of amides is 2. The number of carbonyl (C=O) groups excluding carboxylic acids is 2. The highest BCUT2D eigenvalue weighted by atomic mass is 16.2. The Balaban J connectivity index is 0. The zero-order chi connectivity index (χ0) is 22.7. The van der Waals surface area contributed by atoms with E-state index in [4.69, 9.17) is 0 Å². The van der Waals surface area contributed by atoms with E-state index in [1.54, 1.807) is 30.3 Å². The molecule has 4 nitrogen and oxygen atoms in total. The van der Waals surface area contributed by atoms with Gasteiger partial charge in [-0.3, -0.25) is 9.59 Å². The molecule has 0 unspecified atom stereocenters. The smallest absolute Gasteiger partial charge is 0.255 e. The summed E-state index contributed by atoms with van der Waals surface area (Å²) in [5.41, 5.74) is 3.04. The van der Waals surface area contributed by atoms with Gasteiger partial charge in [0.05, 0.1) is 0 Å². The van der Waals surface area contributed by atoms with Crippen LogP contribution in [0.4, 0.5) is 11.4 Å². The molecule has 2 rings (SSSR count).